The Labute approximate surface area is 138 Å². The molecule has 0 bridgehead atoms. The first-order valence-corrected chi connectivity index (χ1v) is 7.88. The second-order valence-corrected chi connectivity index (χ2v) is 5.58. The molecule has 118 valence electrons. The quantitative estimate of drug-likeness (QED) is 0.852. The van der Waals surface area contributed by atoms with Crippen LogP contribution in [0.3, 0.4) is 0 Å². The van der Waals surface area contributed by atoms with Crippen LogP contribution in [0.2, 0.25) is 0 Å². The van der Waals surface area contributed by atoms with E-state index >= 15 is 0 Å². The maximum Gasteiger partial charge on any atom is 0.250 e. The molecule has 0 unspecified atom stereocenters. The molecule has 4 nitrogen and oxygen atoms in total. The highest BCUT2D eigenvalue weighted by Crippen LogP contribution is 2.14. The zero-order valence-electron chi connectivity index (χ0n) is 12.4. The van der Waals surface area contributed by atoms with Crippen molar-refractivity contribution in [2.75, 3.05) is 5.88 Å². The van der Waals surface area contributed by atoms with E-state index in [1.165, 1.54) is 0 Å². The maximum absolute atomic E-state index is 11.7. The van der Waals surface area contributed by atoms with Gasteiger partial charge < -0.3 is 9.84 Å². The Balaban J connectivity index is 1.99. The number of hydrogen-bond acceptors (Lipinski definition) is 3. The van der Waals surface area contributed by atoms with Gasteiger partial charge in [-0.3, -0.25) is 4.79 Å². The number of carbonyl (C=O) groups excluding carboxylic acids is 1. The summed E-state index contributed by atoms with van der Waals surface area (Å²) in [5.74, 6) is 0.386. The first-order valence-electron chi connectivity index (χ1n) is 7.34. The second kappa shape index (κ2) is 6.94. The van der Waals surface area contributed by atoms with E-state index in [9.17, 15) is 9.90 Å². The molecule has 23 heavy (non-hydrogen) atoms. The summed E-state index contributed by atoms with van der Waals surface area (Å²) in [4.78, 5) is 15.7. The first kappa shape index (κ1) is 15.7. The Morgan fingerprint density at radius 3 is 2.74 bits per heavy atom. The molecule has 5 heteroatoms. The van der Waals surface area contributed by atoms with E-state index in [1.54, 1.807) is 18.2 Å². The topological polar surface area (TPSA) is 58.9 Å². The van der Waals surface area contributed by atoms with Crippen LogP contribution in [0.15, 0.2) is 47.5 Å². The number of alkyl halides is 1. The number of ether oxygens (including phenoxy) is 1. The predicted octanol–water partition coefficient (Wildman–Crippen LogP) is 1.87. The van der Waals surface area contributed by atoms with Gasteiger partial charge in [0.05, 0.1) is 12.0 Å². The Morgan fingerprint density at radius 2 is 2.00 bits per heavy atom. The number of amides is 1. The molecule has 1 N–H and O–H groups in total. The average Bonchev–Trinajstić information content (AvgIpc) is 2.59. The van der Waals surface area contributed by atoms with E-state index in [0.717, 1.165) is 10.8 Å². The van der Waals surface area contributed by atoms with E-state index < -0.39 is 6.10 Å². The molecular weight excluding hydrogens is 314 g/mol. The Bertz CT molecular complexity index is 833. The van der Waals surface area contributed by atoms with Crippen molar-refractivity contribution < 1.29 is 14.6 Å². The number of hydrogen-bond donors (Lipinski definition) is 1. The maximum atomic E-state index is 11.7. The van der Waals surface area contributed by atoms with Crippen LogP contribution in [-0.2, 0) is 11.4 Å². The van der Waals surface area contributed by atoms with E-state index in [4.69, 9.17) is 16.3 Å². The minimum Gasteiger partial charge on any atom is -0.487 e. The lowest BCUT2D eigenvalue weighted by Crippen LogP contribution is -2.35. The van der Waals surface area contributed by atoms with E-state index in [1.807, 2.05) is 30.3 Å². The molecule has 1 aliphatic heterocycles. The van der Waals surface area contributed by atoms with E-state index in [0.29, 0.717) is 23.3 Å². The van der Waals surface area contributed by atoms with Gasteiger partial charge in [0, 0.05) is 11.6 Å². The number of benzene rings is 2. The van der Waals surface area contributed by atoms with Crippen molar-refractivity contribution in [1.82, 2.24) is 0 Å². The Morgan fingerprint density at radius 1 is 1.22 bits per heavy atom. The molecule has 1 heterocycles. The third-order valence-corrected chi connectivity index (χ3v) is 3.97. The summed E-state index contributed by atoms with van der Waals surface area (Å²) in [5.41, 5.74) is 1.69. The molecule has 1 aliphatic rings. The number of fused-ring (bicyclic) bond motifs is 1. The van der Waals surface area contributed by atoms with Crippen molar-refractivity contribution in [3.05, 3.63) is 64.2 Å². The van der Waals surface area contributed by atoms with Crippen LogP contribution < -0.4 is 15.3 Å². The smallest absolute Gasteiger partial charge is 0.250 e. The highest BCUT2D eigenvalue weighted by molar-refractivity contribution is 6.18. The standard InChI is InChI=1S/C18H16ClNO3/c19-10-15(21)13-6-8-16(18-14(13)7-9-17(22)20-18)23-11-12-4-2-1-3-5-12/h1-8,15,21H,9-11H2/t15-/m0/s1. The van der Waals surface area contributed by atoms with Crippen LogP contribution in [0.1, 0.15) is 23.7 Å². The summed E-state index contributed by atoms with van der Waals surface area (Å²) < 4.78 is 5.83. The van der Waals surface area contributed by atoms with Gasteiger partial charge in [0.1, 0.15) is 17.7 Å². The van der Waals surface area contributed by atoms with Crippen LogP contribution in [0.5, 0.6) is 5.75 Å². The minimum atomic E-state index is -0.798. The van der Waals surface area contributed by atoms with Crippen molar-refractivity contribution in [2.24, 2.45) is 4.99 Å². The highest BCUT2D eigenvalue weighted by atomic mass is 35.5. The van der Waals surface area contributed by atoms with Gasteiger partial charge in [0.25, 0.3) is 0 Å². The number of rotatable bonds is 5. The van der Waals surface area contributed by atoms with Crippen LogP contribution in [-0.4, -0.2) is 16.9 Å². The van der Waals surface area contributed by atoms with Gasteiger partial charge in [0.15, 0.2) is 0 Å². The lowest BCUT2D eigenvalue weighted by molar-refractivity contribution is -0.117. The first-order chi connectivity index (χ1) is 11.2. The summed E-state index contributed by atoms with van der Waals surface area (Å²) in [6.45, 7) is 0.383. The third-order valence-electron chi connectivity index (χ3n) is 3.67. The molecule has 3 rings (SSSR count). The van der Waals surface area contributed by atoms with Crippen molar-refractivity contribution >= 4 is 23.6 Å². The number of carbonyl (C=O) groups is 1. The van der Waals surface area contributed by atoms with Gasteiger partial charge in [-0.05, 0) is 17.2 Å². The molecule has 0 aromatic heterocycles. The number of aliphatic hydroxyl groups is 1. The fourth-order valence-corrected chi connectivity index (χ4v) is 2.68. The molecule has 0 saturated carbocycles. The summed E-state index contributed by atoms with van der Waals surface area (Å²) in [6, 6.07) is 13.2. The van der Waals surface area contributed by atoms with Crippen LogP contribution in [0, 0.1) is 0 Å². The van der Waals surface area contributed by atoms with Gasteiger partial charge in [0.2, 0.25) is 5.91 Å². The summed E-state index contributed by atoms with van der Waals surface area (Å²) in [7, 11) is 0. The van der Waals surface area contributed by atoms with Crippen molar-refractivity contribution in [3.63, 3.8) is 0 Å². The van der Waals surface area contributed by atoms with E-state index in [-0.39, 0.29) is 18.2 Å². The molecule has 1 atom stereocenters. The largest absolute Gasteiger partial charge is 0.487 e. The highest BCUT2D eigenvalue weighted by Gasteiger charge is 2.15. The lowest BCUT2D eigenvalue weighted by atomic mass is 10.0. The number of nitrogens with zero attached hydrogens (tertiary/aromatic N) is 1. The summed E-state index contributed by atoms with van der Waals surface area (Å²) in [6.07, 6.45) is 1.19. The van der Waals surface area contributed by atoms with Gasteiger partial charge in [-0.1, -0.05) is 42.5 Å². The van der Waals surface area contributed by atoms with Gasteiger partial charge >= 0.3 is 0 Å². The average molecular weight is 330 g/mol. The second-order valence-electron chi connectivity index (χ2n) is 5.27. The van der Waals surface area contributed by atoms with Gasteiger partial charge in [-0.25, -0.2) is 4.99 Å². The number of aliphatic hydroxyl groups excluding tert-OH is 1. The third kappa shape index (κ3) is 3.44. The molecule has 2 aromatic carbocycles. The molecule has 1 amide bonds. The molecule has 0 radical (unpaired) electrons. The minimum absolute atomic E-state index is 0.0818. The van der Waals surface area contributed by atoms with Crippen LogP contribution in [0.4, 0.5) is 0 Å². The van der Waals surface area contributed by atoms with E-state index in [2.05, 4.69) is 4.99 Å². The lowest BCUT2D eigenvalue weighted by Gasteiger charge is -2.14. The molecular formula is C18H16ClNO3. The Hall–Kier alpha value is -2.17. The Kier molecular flexibility index (Phi) is 4.74. The monoisotopic (exact) mass is 329 g/mol. The van der Waals surface area contributed by atoms with Gasteiger partial charge in [-0.2, -0.15) is 0 Å². The predicted molar refractivity (Wildman–Crippen MR) is 87.8 cm³/mol. The molecule has 2 aromatic rings. The van der Waals surface area contributed by atoms with Gasteiger partial charge in [-0.15, -0.1) is 11.6 Å². The molecule has 0 fully saturated rings. The fraction of sp³-hybridized carbons (Fsp3) is 0.222. The number of halogens is 1. The fourth-order valence-electron chi connectivity index (χ4n) is 2.52. The summed E-state index contributed by atoms with van der Waals surface area (Å²) >= 11 is 5.75. The SMILES string of the molecule is O=C1CC=c2c([C@@H](O)CCl)ccc(OCc3ccccc3)c2=N1. The summed E-state index contributed by atoms with van der Waals surface area (Å²) in [5, 5.41) is 11.2. The molecule has 0 aliphatic carbocycles. The van der Waals surface area contributed by atoms with Crippen molar-refractivity contribution in [3.8, 4) is 5.75 Å². The van der Waals surface area contributed by atoms with Crippen molar-refractivity contribution in [2.45, 2.75) is 19.1 Å². The van der Waals surface area contributed by atoms with Crippen molar-refractivity contribution in [1.29, 1.82) is 0 Å². The zero-order chi connectivity index (χ0) is 16.2. The molecule has 0 spiro atoms. The normalized spacial score (nSPS) is 14.4. The molecule has 0 saturated heterocycles. The van der Waals surface area contributed by atoms with Crippen LogP contribution >= 0.6 is 11.6 Å². The van der Waals surface area contributed by atoms with Crippen LogP contribution in [0.25, 0.3) is 6.08 Å². The zero-order valence-corrected chi connectivity index (χ0v) is 13.2.